The van der Waals surface area contributed by atoms with Crippen LogP contribution in [0.5, 0.6) is 0 Å². The van der Waals surface area contributed by atoms with Crippen molar-refractivity contribution in [3.8, 4) is 0 Å². The van der Waals surface area contributed by atoms with Crippen LogP contribution in [-0.2, 0) is 6.42 Å². The van der Waals surface area contributed by atoms with E-state index in [1.165, 1.54) is 11.9 Å². The Morgan fingerprint density at radius 2 is 2.07 bits per heavy atom. The van der Waals surface area contributed by atoms with Crippen LogP contribution >= 0.6 is 0 Å². The Labute approximate surface area is 81.7 Å². The molecular weight excluding hydrogens is 178 g/mol. The maximum absolute atomic E-state index is 5.88. The summed E-state index contributed by atoms with van der Waals surface area (Å²) in [5.41, 5.74) is 7.04. The second kappa shape index (κ2) is 4.02. The molecule has 0 aliphatic carbocycles. The van der Waals surface area contributed by atoms with Crippen LogP contribution in [0.1, 0.15) is 17.5 Å². The van der Waals surface area contributed by atoms with Gasteiger partial charge in [0.25, 0.3) is 0 Å². The van der Waals surface area contributed by atoms with Gasteiger partial charge in [-0.2, -0.15) is 4.98 Å². The molecule has 2 aromatic rings. The summed E-state index contributed by atoms with van der Waals surface area (Å²) in [4.78, 5) is 3.91. The molecule has 0 amide bonds. The van der Waals surface area contributed by atoms with E-state index >= 15 is 0 Å². The highest BCUT2D eigenvalue weighted by molar-refractivity contribution is 5.16. The maximum atomic E-state index is 5.88. The van der Waals surface area contributed by atoms with Gasteiger partial charge >= 0.3 is 0 Å². The average Bonchev–Trinajstić information content (AvgIpc) is 2.72. The van der Waals surface area contributed by atoms with E-state index in [9.17, 15) is 0 Å². The van der Waals surface area contributed by atoms with Crippen molar-refractivity contribution in [1.82, 2.24) is 10.1 Å². The van der Waals surface area contributed by atoms with Gasteiger partial charge < -0.3 is 10.3 Å². The number of aromatic nitrogens is 2. The minimum Gasteiger partial charge on any atom is -0.338 e. The Hall–Kier alpha value is -1.68. The SMILES string of the molecule is N[C@H](Cc1ccccc1)c1ncno1. The number of benzene rings is 1. The minimum absolute atomic E-state index is 0.222. The number of rotatable bonds is 3. The first-order valence-electron chi connectivity index (χ1n) is 4.42. The highest BCUT2D eigenvalue weighted by Gasteiger charge is 2.11. The van der Waals surface area contributed by atoms with E-state index in [0.717, 1.165) is 0 Å². The summed E-state index contributed by atoms with van der Waals surface area (Å²) in [7, 11) is 0. The van der Waals surface area contributed by atoms with Crippen LogP contribution in [0.25, 0.3) is 0 Å². The highest BCUT2D eigenvalue weighted by atomic mass is 16.5. The first-order valence-corrected chi connectivity index (χ1v) is 4.42. The predicted molar refractivity (Wildman–Crippen MR) is 51.4 cm³/mol. The molecule has 1 aromatic carbocycles. The summed E-state index contributed by atoms with van der Waals surface area (Å²) in [5, 5.41) is 3.52. The zero-order valence-electron chi connectivity index (χ0n) is 7.63. The average molecular weight is 189 g/mol. The highest BCUT2D eigenvalue weighted by Crippen LogP contribution is 2.12. The van der Waals surface area contributed by atoms with Gasteiger partial charge in [0.15, 0.2) is 6.33 Å². The molecule has 0 spiro atoms. The van der Waals surface area contributed by atoms with Crippen LogP contribution in [0.4, 0.5) is 0 Å². The Morgan fingerprint density at radius 1 is 1.29 bits per heavy atom. The van der Waals surface area contributed by atoms with Gasteiger partial charge in [-0.1, -0.05) is 35.5 Å². The van der Waals surface area contributed by atoms with Gasteiger partial charge in [-0.25, -0.2) is 0 Å². The largest absolute Gasteiger partial charge is 0.338 e. The maximum Gasteiger partial charge on any atom is 0.243 e. The molecule has 0 bridgehead atoms. The monoisotopic (exact) mass is 189 g/mol. The third-order valence-electron chi connectivity index (χ3n) is 1.99. The lowest BCUT2D eigenvalue weighted by Crippen LogP contribution is -2.13. The van der Waals surface area contributed by atoms with Gasteiger partial charge in [-0.3, -0.25) is 0 Å². The van der Waals surface area contributed by atoms with Crippen LogP contribution in [-0.4, -0.2) is 10.1 Å². The van der Waals surface area contributed by atoms with Gasteiger partial charge in [-0.05, 0) is 12.0 Å². The predicted octanol–water partition coefficient (Wildman–Crippen LogP) is 1.31. The zero-order chi connectivity index (χ0) is 9.80. The Kier molecular flexibility index (Phi) is 2.55. The summed E-state index contributed by atoms with van der Waals surface area (Å²) in [6.45, 7) is 0. The van der Waals surface area contributed by atoms with E-state index in [2.05, 4.69) is 10.1 Å². The summed E-state index contributed by atoms with van der Waals surface area (Å²) < 4.78 is 4.88. The molecule has 1 aromatic heterocycles. The molecule has 0 saturated heterocycles. The van der Waals surface area contributed by atoms with E-state index in [1.807, 2.05) is 30.3 Å². The van der Waals surface area contributed by atoms with Crippen molar-refractivity contribution in [2.75, 3.05) is 0 Å². The summed E-state index contributed by atoms with van der Waals surface area (Å²) in [5.74, 6) is 0.480. The number of hydrogen-bond acceptors (Lipinski definition) is 4. The third-order valence-corrected chi connectivity index (χ3v) is 1.99. The fraction of sp³-hybridized carbons (Fsp3) is 0.200. The lowest BCUT2D eigenvalue weighted by atomic mass is 10.1. The first-order chi connectivity index (χ1) is 6.86. The van der Waals surface area contributed by atoms with Crippen molar-refractivity contribution >= 4 is 0 Å². The van der Waals surface area contributed by atoms with Gasteiger partial charge in [0.05, 0.1) is 6.04 Å². The molecule has 0 radical (unpaired) electrons. The lowest BCUT2D eigenvalue weighted by molar-refractivity contribution is 0.353. The van der Waals surface area contributed by atoms with Crippen molar-refractivity contribution in [2.45, 2.75) is 12.5 Å². The van der Waals surface area contributed by atoms with Gasteiger partial charge in [0.2, 0.25) is 5.89 Å². The zero-order valence-corrected chi connectivity index (χ0v) is 7.63. The lowest BCUT2D eigenvalue weighted by Gasteiger charge is -2.05. The van der Waals surface area contributed by atoms with Crippen LogP contribution in [0, 0.1) is 0 Å². The van der Waals surface area contributed by atoms with E-state index in [4.69, 9.17) is 10.3 Å². The molecule has 0 aliphatic rings. The molecule has 2 rings (SSSR count). The molecule has 0 fully saturated rings. The molecule has 4 nitrogen and oxygen atoms in total. The molecule has 14 heavy (non-hydrogen) atoms. The molecule has 0 unspecified atom stereocenters. The molecule has 72 valence electrons. The Bertz CT molecular complexity index is 372. The summed E-state index contributed by atoms with van der Waals surface area (Å²) in [6, 6.07) is 9.76. The van der Waals surface area contributed by atoms with Gasteiger partial charge in [0.1, 0.15) is 0 Å². The van der Waals surface area contributed by atoms with E-state index in [1.54, 1.807) is 0 Å². The normalized spacial score (nSPS) is 12.6. The molecule has 0 aliphatic heterocycles. The van der Waals surface area contributed by atoms with Crippen molar-refractivity contribution in [1.29, 1.82) is 0 Å². The molecular formula is C10H11N3O. The molecule has 2 N–H and O–H groups in total. The fourth-order valence-corrected chi connectivity index (χ4v) is 1.30. The number of nitrogens with two attached hydrogens (primary N) is 1. The van der Waals surface area contributed by atoms with Crippen molar-refractivity contribution in [2.24, 2.45) is 5.73 Å². The quantitative estimate of drug-likeness (QED) is 0.790. The minimum atomic E-state index is -0.222. The van der Waals surface area contributed by atoms with E-state index in [-0.39, 0.29) is 6.04 Å². The Morgan fingerprint density at radius 3 is 2.71 bits per heavy atom. The van der Waals surface area contributed by atoms with Crippen molar-refractivity contribution in [3.05, 3.63) is 48.1 Å². The first kappa shape index (κ1) is 8.90. The van der Waals surface area contributed by atoms with E-state index in [0.29, 0.717) is 12.3 Å². The molecule has 0 saturated carbocycles. The topological polar surface area (TPSA) is 64.9 Å². The van der Waals surface area contributed by atoms with Crippen LogP contribution in [0.3, 0.4) is 0 Å². The van der Waals surface area contributed by atoms with Gasteiger partial charge in [-0.15, -0.1) is 0 Å². The Balaban J connectivity index is 2.06. The number of nitrogens with zero attached hydrogens (tertiary/aromatic N) is 2. The second-order valence-corrected chi connectivity index (χ2v) is 3.08. The second-order valence-electron chi connectivity index (χ2n) is 3.08. The van der Waals surface area contributed by atoms with Crippen molar-refractivity contribution < 1.29 is 4.52 Å². The smallest absolute Gasteiger partial charge is 0.243 e. The number of hydrogen-bond donors (Lipinski definition) is 1. The van der Waals surface area contributed by atoms with Crippen molar-refractivity contribution in [3.63, 3.8) is 0 Å². The van der Waals surface area contributed by atoms with E-state index < -0.39 is 0 Å². The summed E-state index contributed by atoms with van der Waals surface area (Å²) in [6.07, 6.45) is 2.07. The fourth-order valence-electron chi connectivity index (χ4n) is 1.30. The van der Waals surface area contributed by atoms with Gasteiger partial charge in [0, 0.05) is 0 Å². The summed E-state index contributed by atoms with van der Waals surface area (Å²) >= 11 is 0. The molecule has 4 heteroatoms. The third kappa shape index (κ3) is 1.97. The molecule has 1 atom stereocenters. The van der Waals surface area contributed by atoms with Crippen LogP contribution in [0.2, 0.25) is 0 Å². The van der Waals surface area contributed by atoms with Crippen LogP contribution in [0.15, 0.2) is 41.2 Å². The standard InChI is InChI=1S/C10H11N3O/c11-9(10-12-7-13-14-10)6-8-4-2-1-3-5-8/h1-5,7,9H,6,11H2/t9-/m1/s1. The van der Waals surface area contributed by atoms with Crippen LogP contribution < -0.4 is 5.73 Å². The molecule has 1 heterocycles.